The Kier molecular flexibility index (Phi) is 6.82. The second kappa shape index (κ2) is 10.1. The first kappa shape index (κ1) is 21.6. The molecule has 6 nitrogen and oxygen atoms in total. The Balaban J connectivity index is 1.55. The Morgan fingerprint density at radius 2 is 1.59 bits per heavy atom. The van der Waals surface area contributed by atoms with E-state index >= 15 is 0 Å². The summed E-state index contributed by atoms with van der Waals surface area (Å²) in [5.74, 6) is 2.19. The fraction of sp³-hybridized carbons (Fsp3) is 0.231. The largest absolute Gasteiger partial charge is 0.492 e. The molecule has 0 atom stereocenters. The molecule has 0 spiro atoms. The van der Waals surface area contributed by atoms with Crippen LogP contribution in [0.4, 0.5) is 17.2 Å². The van der Waals surface area contributed by atoms with E-state index in [2.05, 4.69) is 24.1 Å². The van der Waals surface area contributed by atoms with E-state index in [1.165, 1.54) is 0 Å². The molecule has 4 aromatic rings. The molecule has 0 aliphatic carbocycles. The molecule has 4 rings (SSSR count). The van der Waals surface area contributed by atoms with Gasteiger partial charge in [-0.1, -0.05) is 38.1 Å². The predicted molar refractivity (Wildman–Crippen MR) is 132 cm³/mol. The van der Waals surface area contributed by atoms with Crippen LogP contribution in [0.1, 0.15) is 13.8 Å². The van der Waals surface area contributed by atoms with Crippen molar-refractivity contribution in [1.82, 2.24) is 14.9 Å². The molecule has 0 amide bonds. The van der Waals surface area contributed by atoms with Gasteiger partial charge in [0.1, 0.15) is 18.2 Å². The number of anilines is 3. The van der Waals surface area contributed by atoms with Gasteiger partial charge in [0.15, 0.2) is 5.82 Å². The van der Waals surface area contributed by atoms with Crippen molar-refractivity contribution in [3.05, 3.63) is 72.8 Å². The Bertz CT molecular complexity index is 1170. The molecular weight excluding hydrogens is 398 g/mol. The smallest absolute Gasteiger partial charge is 0.164 e. The lowest BCUT2D eigenvalue weighted by molar-refractivity contribution is 0.223. The lowest BCUT2D eigenvalue weighted by Gasteiger charge is -2.18. The predicted octanol–water partition coefficient (Wildman–Crippen LogP) is 5.34. The van der Waals surface area contributed by atoms with Gasteiger partial charge in [-0.25, -0.2) is 9.97 Å². The lowest BCUT2D eigenvalue weighted by atomic mass is 10.1. The monoisotopic (exact) mass is 427 g/mol. The number of nitrogens with two attached hydrogens (primary N) is 1. The first-order chi connectivity index (χ1) is 15.7. The normalized spacial score (nSPS) is 11.1. The molecule has 0 fully saturated rings. The number of para-hydroxylation sites is 2. The van der Waals surface area contributed by atoms with Crippen LogP contribution in [0.25, 0.3) is 22.3 Å². The van der Waals surface area contributed by atoms with Gasteiger partial charge in [-0.3, -0.25) is 0 Å². The third-order valence-electron chi connectivity index (χ3n) is 5.49. The third-order valence-corrected chi connectivity index (χ3v) is 5.49. The SMILES string of the molecule is CCN(CC)CCOc1ccc(Nc2nc(-c3ccccc3N)nc3ccccc23)cc1. The maximum absolute atomic E-state index is 6.17. The highest BCUT2D eigenvalue weighted by Crippen LogP contribution is 2.30. The number of fused-ring (bicyclic) bond motifs is 1. The number of rotatable bonds is 9. The highest BCUT2D eigenvalue weighted by atomic mass is 16.5. The van der Waals surface area contributed by atoms with Crippen LogP contribution in [0.5, 0.6) is 5.75 Å². The van der Waals surface area contributed by atoms with Crippen molar-refractivity contribution in [3.63, 3.8) is 0 Å². The average molecular weight is 428 g/mol. The van der Waals surface area contributed by atoms with Crippen molar-refractivity contribution in [2.24, 2.45) is 0 Å². The summed E-state index contributed by atoms with van der Waals surface area (Å²) in [5.41, 5.74) is 9.43. The number of likely N-dealkylation sites (N-methyl/N-ethyl adjacent to an activating group) is 1. The molecule has 0 unspecified atom stereocenters. The van der Waals surface area contributed by atoms with Crippen molar-refractivity contribution in [1.29, 1.82) is 0 Å². The van der Waals surface area contributed by atoms with Crippen LogP contribution < -0.4 is 15.8 Å². The van der Waals surface area contributed by atoms with E-state index in [9.17, 15) is 0 Å². The van der Waals surface area contributed by atoms with Crippen molar-refractivity contribution in [3.8, 4) is 17.1 Å². The standard InChI is InChI=1S/C26H29N5O/c1-3-31(4-2)17-18-32-20-15-13-19(14-16-20)28-26-22-10-6-8-12-24(22)29-25(30-26)21-9-5-7-11-23(21)27/h5-16H,3-4,17-18,27H2,1-2H3,(H,28,29,30). The van der Waals surface area contributed by atoms with E-state index in [1.54, 1.807) is 0 Å². The molecule has 1 aromatic heterocycles. The van der Waals surface area contributed by atoms with E-state index < -0.39 is 0 Å². The zero-order chi connectivity index (χ0) is 22.3. The molecule has 164 valence electrons. The molecular formula is C26H29N5O. The summed E-state index contributed by atoms with van der Waals surface area (Å²) in [6, 6.07) is 23.6. The van der Waals surface area contributed by atoms with E-state index in [1.807, 2.05) is 72.8 Å². The van der Waals surface area contributed by atoms with Gasteiger partial charge < -0.3 is 20.7 Å². The number of aromatic nitrogens is 2. The van der Waals surface area contributed by atoms with Crippen LogP contribution in [0, 0.1) is 0 Å². The molecule has 6 heteroatoms. The summed E-state index contributed by atoms with van der Waals surface area (Å²) >= 11 is 0. The Labute approximate surface area is 189 Å². The van der Waals surface area contributed by atoms with Gasteiger partial charge in [0, 0.05) is 28.9 Å². The van der Waals surface area contributed by atoms with Gasteiger partial charge >= 0.3 is 0 Å². The van der Waals surface area contributed by atoms with E-state index in [0.717, 1.165) is 53.4 Å². The van der Waals surface area contributed by atoms with Crippen LogP contribution in [-0.4, -0.2) is 41.1 Å². The Morgan fingerprint density at radius 1 is 0.875 bits per heavy atom. The summed E-state index contributed by atoms with van der Waals surface area (Å²) in [6.07, 6.45) is 0. The zero-order valence-corrected chi connectivity index (χ0v) is 18.6. The zero-order valence-electron chi connectivity index (χ0n) is 18.6. The summed E-state index contributed by atoms with van der Waals surface area (Å²) < 4.78 is 5.90. The minimum Gasteiger partial charge on any atom is -0.492 e. The second-order valence-electron chi connectivity index (χ2n) is 7.52. The van der Waals surface area contributed by atoms with E-state index in [4.69, 9.17) is 20.4 Å². The van der Waals surface area contributed by atoms with Crippen LogP contribution in [0.2, 0.25) is 0 Å². The van der Waals surface area contributed by atoms with Gasteiger partial charge in [0.25, 0.3) is 0 Å². The molecule has 0 radical (unpaired) electrons. The first-order valence-electron chi connectivity index (χ1n) is 11.0. The molecule has 0 aliphatic heterocycles. The van der Waals surface area contributed by atoms with Gasteiger partial charge in [-0.05, 0) is 61.6 Å². The van der Waals surface area contributed by atoms with Gasteiger partial charge in [-0.15, -0.1) is 0 Å². The minimum atomic E-state index is 0.598. The number of benzene rings is 3. The molecule has 32 heavy (non-hydrogen) atoms. The van der Waals surface area contributed by atoms with Gasteiger partial charge in [-0.2, -0.15) is 0 Å². The first-order valence-corrected chi connectivity index (χ1v) is 11.0. The quantitative estimate of drug-likeness (QED) is 0.351. The Hall–Kier alpha value is -3.64. The maximum Gasteiger partial charge on any atom is 0.164 e. The Morgan fingerprint density at radius 3 is 2.34 bits per heavy atom. The summed E-state index contributed by atoms with van der Waals surface area (Å²) in [5, 5.41) is 4.39. The molecule has 0 saturated heterocycles. The van der Waals surface area contributed by atoms with Crippen molar-refractivity contribution in [2.45, 2.75) is 13.8 Å². The number of ether oxygens (including phenoxy) is 1. The highest BCUT2D eigenvalue weighted by molar-refractivity contribution is 5.92. The number of nitrogen functional groups attached to an aromatic ring is 1. The molecule has 1 heterocycles. The lowest BCUT2D eigenvalue weighted by Crippen LogP contribution is -2.27. The molecule has 0 aliphatic rings. The van der Waals surface area contributed by atoms with Crippen molar-refractivity contribution in [2.75, 3.05) is 37.3 Å². The van der Waals surface area contributed by atoms with Crippen LogP contribution >= 0.6 is 0 Å². The molecule has 0 bridgehead atoms. The highest BCUT2D eigenvalue weighted by Gasteiger charge is 2.11. The summed E-state index contributed by atoms with van der Waals surface area (Å²) in [4.78, 5) is 11.9. The van der Waals surface area contributed by atoms with Crippen molar-refractivity contribution >= 4 is 28.1 Å². The number of hydrogen-bond acceptors (Lipinski definition) is 6. The van der Waals surface area contributed by atoms with Crippen molar-refractivity contribution < 1.29 is 4.74 Å². The third kappa shape index (κ3) is 4.98. The van der Waals surface area contributed by atoms with Crippen LogP contribution in [0.15, 0.2) is 72.8 Å². The maximum atomic E-state index is 6.17. The summed E-state index contributed by atoms with van der Waals surface area (Å²) in [6.45, 7) is 7.99. The van der Waals surface area contributed by atoms with Crippen LogP contribution in [0.3, 0.4) is 0 Å². The fourth-order valence-corrected chi connectivity index (χ4v) is 3.60. The molecule has 3 aromatic carbocycles. The van der Waals surface area contributed by atoms with E-state index in [0.29, 0.717) is 18.1 Å². The number of nitrogens with zero attached hydrogens (tertiary/aromatic N) is 3. The van der Waals surface area contributed by atoms with Gasteiger partial charge in [0.2, 0.25) is 0 Å². The van der Waals surface area contributed by atoms with Gasteiger partial charge in [0.05, 0.1) is 5.52 Å². The number of nitrogens with one attached hydrogen (secondary N) is 1. The van der Waals surface area contributed by atoms with Crippen LogP contribution in [-0.2, 0) is 0 Å². The molecule has 0 saturated carbocycles. The average Bonchev–Trinajstić information content (AvgIpc) is 2.83. The topological polar surface area (TPSA) is 76.3 Å². The fourth-order valence-electron chi connectivity index (χ4n) is 3.60. The second-order valence-corrected chi connectivity index (χ2v) is 7.52. The number of hydrogen-bond donors (Lipinski definition) is 2. The molecule has 3 N–H and O–H groups in total. The van der Waals surface area contributed by atoms with E-state index in [-0.39, 0.29) is 0 Å². The summed E-state index contributed by atoms with van der Waals surface area (Å²) in [7, 11) is 0. The minimum absolute atomic E-state index is 0.598.